The van der Waals surface area contributed by atoms with Crippen LogP contribution in [0.2, 0.25) is 5.02 Å². The second-order valence-corrected chi connectivity index (χ2v) is 6.53. The molecule has 0 saturated heterocycles. The number of nitrogens with one attached hydrogen (secondary N) is 1. The zero-order valence-electron chi connectivity index (χ0n) is 13.9. The third-order valence-corrected chi connectivity index (χ3v) is 4.70. The van der Waals surface area contributed by atoms with Crippen molar-refractivity contribution < 1.29 is 9.53 Å². The summed E-state index contributed by atoms with van der Waals surface area (Å²) in [5.74, 6) is 0.871. The largest absolute Gasteiger partial charge is 0.489 e. The molecule has 0 radical (unpaired) electrons. The van der Waals surface area contributed by atoms with E-state index in [2.05, 4.69) is 16.3 Å². The van der Waals surface area contributed by atoms with Crippen LogP contribution in [0.1, 0.15) is 17.5 Å². The molecule has 0 unspecified atom stereocenters. The van der Waals surface area contributed by atoms with Crippen molar-refractivity contribution in [3.8, 4) is 5.75 Å². The Bertz CT molecular complexity index is 748. The van der Waals surface area contributed by atoms with Crippen LogP contribution in [0.3, 0.4) is 0 Å². The van der Waals surface area contributed by atoms with E-state index in [-0.39, 0.29) is 11.9 Å². The van der Waals surface area contributed by atoms with Gasteiger partial charge in [-0.1, -0.05) is 35.9 Å². The third-order valence-electron chi connectivity index (χ3n) is 4.33. The maximum absolute atomic E-state index is 12.3. The molecule has 5 heteroatoms. The fourth-order valence-electron chi connectivity index (χ4n) is 2.84. The quantitative estimate of drug-likeness (QED) is 0.922. The topological polar surface area (TPSA) is 41.6 Å². The van der Waals surface area contributed by atoms with Gasteiger partial charge in [0.05, 0.1) is 18.2 Å². The molecule has 24 heavy (non-hydrogen) atoms. The van der Waals surface area contributed by atoms with E-state index in [0.29, 0.717) is 24.6 Å². The van der Waals surface area contributed by atoms with Gasteiger partial charge in [0.15, 0.2) is 0 Å². The maximum atomic E-state index is 12.3. The summed E-state index contributed by atoms with van der Waals surface area (Å²) < 4.78 is 5.83. The summed E-state index contributed by atoms with van der Waals surface area (Å²) in [6.07, 6.45) is 0.383. The molecule has 1 N–H and O–H groups in total. The summed E-state index contributed by atoms with van der Waals surface area (Å²) in [7, 11) is 2.00. The molecule has 3 rings (SSSR count). The van der Waals surface area contributed by atoms with Crippen molar-refractivity contribution in [1.82, 2.24) is 5.32 Å². The summed E-state index contributed by atoms with van der Waals surface area (Å²) in [6.45, 7) is 2.98. The smallest absolute Gasteiger partial charge is 0.222 e. The Kier molecular flexibility index (Phi) is 4.95. The Labute approximate surface area is 147 Å². The standard InChI is InChI=1S/C19H21ClN2O2/c1-13-7-8-17-18(9-13)24-12-15(22(17)2)10-19(23)21-11-14-5-3-4-6-16(14)20/h3-9,15H,10-12H2,1-2H3,(H,21,23)/t15-/m0/s1. The first kappa shape index (κ1) is 16.7. The first-order valence-electron chi connectivity index (χ1n) is 8.01. The number of fused-ring (bicyclic) bond motifs is 1. The lowest BCUT2D eigenvalue weighted by Gasteiger charge is -2.35. The van der Waals surface area contributed by atoms with Crippen LogP contribution < -0.4 is 15.0 Å². The van der Waals surface area contributed by atoms with Gasteiger partial charge in [0.1, 0.15) is 12.4 Å². The molecular formula is C19H21ClN2O2. The SMILES string of the molecule is Cc1ccc2c(c1)OC[C@H](CC(=O)NCc1ccccc1Cl)N2C. The van der Waals surface area contributed by atoms with Gasteiger partial charge in [-0.2, -0.15) is 0 Å². The Morgan fingerprint density at radius 3 is 2.92 bits per heavy atom. The average molecular weight is 345 g/mol. The molecule has 0 saturated carbocycles. The summed E-state index contributed by atoms with van der Waals surface area (Å²) in [4.78, 5) is 14.4. The lowest BCUT2D eigenvalue weighted by molar-refractivity contribution is -0.121. The van der Waals surface area contributed by atoms with Crippen LogP contribution in [0.15, 0.2) is 42.5 Å². The first-order chi connectivity index (χ1) is 11.5. The van der Waals surface area contributed by atoms with Gasteiger partial charge in [0.25, 0.3) is 0 Å². The van der Waals surface area contributed by atoms with Crippen LogP contribution in [0, 0.1) is 6.92 Å². The van der Waals surface area contributed by atoms with E-state index in [1.807, 2.05) is 50.4 Å². The predicted molar refractivity (Wildman–Crippen MR) is 96.8 cm³/mol. The van der Waals surface area contributed by atoms with Gasteiger partial charge in [-0.05, 0) is 36.2 Å². The monoisotopic (exact) mass is 344 g/mol. The number of hydrogen-bond donors (Lipinski definition) is 1. The van der Waals surface area contributed by atoms with Crippen LogP contribution in [-0.2, 0) is 11.3 Å². The van der Waals surface area contributed by atoms with Crippen molar-refractivity contribution >= 4 is 23.2 Å². The average Bonchev–Trinajstić information content (AvgIpc) is 2.56. The van der Waals surface area contributed by atoms with Crippen molar-refractivity contribution in [1.29, 1.82) is 0 Å². The normalized spacial score (nSPS) is 16.3. The highest BCUT2D eigenvalue weighted by atomic mass is 35.5. The fraction of sp³-hybridized carbons (Fsp3) is 0.316. The second kappa shape index (κ2) is 7.14. The fourth-order valence-corrected chi connectivity index (χ4v) is 3.04. The molecule has 2 aromatic rings. The minimum Gasteiger partial charge on any atom is -0.489 e. The number of amides is 1. The lowest BCUT2D eigenvalue weighted by atomic mass is 10.1. The van der Waals surface area contributed by atoms with E-state index in [4.69, 9.17) is 16.3 Å². The molecule has 0 aromatic heterocycles. The number of aryl methyl sites for hydroxylation is 1. The van der Waals surface area contributed by atoms with Crippen molar-refractivity contribution in [3.05, 3.63) is 58.6 Å². The summed E-state index contributed by atoms with van der Waals surface area (Å²) in [6, 6.07) is 13.7. The van der Waals surface area contributed by atoms with E-state index >= 15 is 0 Å². The van der Waals surface area contributed by atoms with Crippen molar-refractivity contribution in [2.45, 2.75) is 25.9 Å². The van der Waals surface area contributed by atoms with Crippen LogP contribution in [0.4, 0.5) is 5.69 Å². The Hall–Kier alpha value is -2.20. The van der Waals surface area contributed by atoms with E-state index in [1.165, 1.54) is 0 Å². The molecule has 2 aromatic carbocycles. The highest BCUT2D eigenvalue weighted by molar-refractivity contribution is 6.31. The molecule has 0 aliphatic carbocycles. The number of anilines is 1. The molecule has 0 spiro atoms. The number of carbonyl (C=O) groups is 1. The number of carbonyl (C=O) groups excluding carboxylic acids is 1. The number of hydrogen-bond acceptors (Lipinski definition) is 3. The van der Waals surface area contributed by atoms with Crippen molar-refractivity contribution in [2.24, 2.45) is 0 Å². The third kappa shape index (κ3) is 3.65. The summed E-state index contributed by atoms with van der Waals surface area (Å²) in [5.41, 5.74) is 3.11. The molecular weight excluding hydrogens is 324 g/mol. The van der Waals surface area contributed by atoms with Crippen LogP contribution >= 0.6 is 11.6 Å². The summed E-state index contributed by atoms with van der Waals surface area (Å²) in [5, 5.41) is 3.60. The van der Waals surface area contributed by atoms with Gasteiger partial charge in [0, 0.05) is 18.6 Å². The maximum Gasteiger partial charge on any atom is 0.222 e. The molecule has 4 nitrogen and oxygen atoms in total. The van der Waals surface area contributed by atoms with Crippen molar-refractivity contribution in [2.75, 3.05) is 18.6 Å². The highest BCUT2D eigenvalue weighted by Crippen LogP contribution is 2.34. The van der Waals surface area contributed by atoms with Gasteiger partial charge in [0.2, 0.25) is 5.91 Å². The molecule has 1 aliphatic heterocycles. The van der Waals surface area contributed by atoms with Crippen LogP contribution in [0.25, 0.3) is 0 Å². The number of halogens is 1. The molecule has 126 valence electrons. The van der Waals surface area contributed by atoms with Crippen LogP contribution in [0.5, 0.6) is 5.75 Å². The van der Waals surface area contributed by atoms with Gasteiger partial charge in [-0.25, -0.2) is 0 Å². The first-order valence-corrected chi connectivity index (χ1v) is 8.39. The number of rotatable bonds is 4. The van der Waals surface area contributed by atoms with Crippen molar-refractivity contribution in [3.63, 3.8) is 0 Å². The molecule has 1 atom stereocenters. The zero-order chi connectivity index (χ0) is 17.1. The minimum atomic E-state index is -0.00840. The Balaban J connectivity index is 1.59. The van der Waals surface area contributed by atoms with E-state index in [9.17, 15) is 4.79 Å². The molecule has 0 fully saturated rings. The van der Waals surface area contributed by atoms with Gasteiger partial charge < -0.3 is 15.0 Å². The molecule has 1 aliphatic rings. The molecule has 1 heterocycles. The van der Waals surface area contributed by atoms with Gasteiger partial charge in [-0.15, -0.1) is 0 Å². The number of ether oxygens (including phenoxy) is 1. The molecule has 0 bridgehead atoms. The zero-order valence-corrected chi connectivity index (χ0v) is 14.6. The van der Waals surface area contributed by atoms with Gasteiger partial charge >= 0.3 is 0 Å². The van der Waals surface area contributed by atoms with E-state index in [1.54, 1.807) is 0 Å². The summed E-state index contributed by atoms with van der Waals surface area (Å²) >= 11 is 6.11. The number of nitrogens with zero attached hydrogens (tertiary/aromatic N) is 1. The van der Waals surface area contributed by atoms with Gasteiger partial charge in [-0.3, -0.25) is 4.79 Å². The van der Waals surface area contributed by atoms with E-state index in [0.717, 1.165) is 22.6 Å². The number of likely N-dealkylation sites (N-methyl/N-ethyl adjacent to an activating group) is 1. The highest BCUT2D eigenvalue weighted by Gasteiger charge is 2.26. The van der Waals surface area contributed by atoms with Crippen LogP contribution in [-0.4, -0.2) is 25.6 Å². The number of benzene rings is 2. The minimum absolute atomic E-state index is 0.00840. The molecule has 1 amide bonds. The second-order valence-electron chi connectivity index (χ2n) is 6.12. The van der Waals surface area contributed by atoms with E-state index < -0.39 is 0 Å². The Morgan fingerprint density at radius 2 is 2.12 bits per heavy atom. The predicted octanol–water partition coefficient (Wildman–Crippen LogP) is 3.55. The Morgan fingerprint density at radius 1 is 1.33 bits per heavy atom. The lowest BCUT2D eigenvalue weighted by Crippen LogP contribution is -2.43.